The summed E-state index contributed by atoms with van der Waals surface area (Å²) < 4.78 is 28.0. The highest BCUT2D eigenvalue weighted by Crippen LogP contribution is 2.34. The highest BCUT2D eigenvalue weighted by molar-refractivity contribution is 5.92. The number of fused-ring (bicyclic) bond motifs is 1. The molecule has 154 valence electrons. The molecule has 2 aliphatic heterocycles. The molecule has 0 bridgehead atoms. The quantitative estimate of drug-likeness (QED) is 0.713. The maximum atomic E-state index is 12.0. The lowest BCUT2D eigenvalue weighted by molar-refractivity contribution is -0.361. The number of aliphatic hydroxyl groups excluding tert-OH is 1. The van der Waals surface area contributed by atoms with Gasteiger partial charge in [-0.25, -0.2) is 4.79 Å². The first-order chi connectivity index (χ1) is 13.2. The molecule has 1 aromatic rings. The first-order valence-corrected chi connectivity index (χ1v) is 8.98. The fourth-order valence-electron chi connectivity index (χ4n) is 3.31. The number of nitrogens with one attached hydrogen (secondary N) is 1. The monoisotopic (exact) mass is 395 g/mol. The first-order valence-electron chi connectivity index (χ1n) is 8.98. The Morgan fingerprint density at radius 2 is 2.00 bits per heavy atom. The zero-order valence-corrected chi connectivity index (χ0v) is 16.2. The third kappa shape index (κ3) is 4.27. The van der Waals surface area contributed by atoms with E-state index in [0.29, 0.717) is 0 Å². The fraction of sp³-hybridized carbons (Fsp3) is 0.579. The number of hydrogen-bond acceptors (Lipinski definition) is 8. The third-order valence-corrected chi connectivity index (χ3v) is 4.59. The predicted octanol–water partition coefficient (Wildman–Crippen LogP) is 0.594. The number of methoxy groups -OCH3 is 1. The number of carbonyl (C=O) groups is 2. The second-order valence-electron chi connectivity index (χ2n) is 7.16. The van der Waals surface area contributed by atoms with Crippen LogP contribution in [0.25, 0.3) is 0 Å². The molecule has 2 saturated heterocycles. The molecule has 0 spiro atoms. The van der Waals surface area contributed by atoms with Gasteiger partial charge in [0, 0.05) is 6.92 Å². The lowest BCUT2D eigenvalue weighted by atomic mass is 9.95. The van der Waals surface area contributed by atoms with Crippen molar-refractivity contribution >= 4 is 11.9 Å². The molecule has 3 rings (SSSR count). The summed E-state index contributed by atoms with van der Waals surface area (Å²) in [6.07, 6.45) is -3.50. The topological polar surface area (TPSA) is 113 Å². The SMILES string of the molecule is COC(=O)c1ccccc1OC1OC2COC(C)(C)OC2C(O)C1NC(C)=O. The molecule has 2 fully saturated rings. The molecular weight excluding hydrogens is 370 g/mol. The minimum atomic E-state index is -1.11. The van der Waals surface area contributed by atoms with E-state index in [2.05, 4.69) is 5.32 Å². The molecular formula is C19H25NO8. The van der Waals surface area contributed by atoms with Gasteiger partial charge in [0.1, 0.15) is 35.7 Å². The Hall–Kier alpha value is -2.20. The molecule has 28 heavy (non-hydrogen) atoms. The number of rotatable bonds is 4. The number of amides is 1. The van der Waals surface area contributed by atoms with Gasteiger partial charge in [-0.15, -0.1) is 0 Å². The Bertz CT molecular complexity index is 736. The van der Waals surface area contributed by atoms with Gasteiger partial charge in [0.15, 0.2) is 5.79 Å². The Morgan fingerprint density at radius 1 is 1.29 bits per heavy atom. The normalized spacial score (nSPS) is 31.4. The van der Waals surface area contributed by atoms with Crippen LogP contribution in [0.1, 0.15) is 31.1 Å². The Labute approximate surface area is 162 Å². The van der Waals surface area contributed by atoms with Gasteiger partial charge in [0.25, 0.3) is 0 Å². The number of aliphatic hydroxyl groups is 1. The van der Waals surface area contributed by atoms with Crippen LogP contribution in [0.5, 0.6) is 5.75 Å². The average Bonchev–Trinajstić information content (AvgIpc) is 2.65. The number of ether oxygens (including phenoxy) is 5. The van der Waals surface area contributed by atoms with Gasteiger partial charge in [-0.1, -0.05) is 12.1 Å². The van der Waals surface area contributed by atoms with Crippen molar-refractivity contribution in [1.82, 2.24) is 5.32 Å². The molecule has 0 aliphatic carbocycles. The van der Waals surface area contributed by atoms with Gasteiger partial charge < -0.3 is 34.1 Å². The summed E-state index contributed by atoms with van der Waals surface area (Å²) in [5, 5.41) is 13.5. The molecule has 0 aromatic heterocycles. The Kier molecular flexibility index (Phi) is 5.90. The Morgan fingerprint density at radius 3 is 2.68 bits per heavy atom. The maximum absolute atomic E-state index is 12.0. The van der Waals surface area contributed by atoms with Crippen LogP contribution in [0.15, 0.2) is 24.3 Å². The van der Waals surface area contributed by atoms with Crippen LogP contribution in [0.2, 0.25) is 0 Å². The second kappa shape index (κ2) is 8.04. The minimum Gasteiger partial charge on any atom is -0.465 e. The van der Waals surface area contributed by atoms with E-state index in [1.807, 2.05) is 0 Å². The summed E-state index contributed by atoms with van der Waals surface area (Å²) in [5.74, 6) is -1.63. The van der Waals surface area contributed by atoms with Crippen LogP contribution in [0.4, 0.5) is 0 Å². The highest BCUT2D eigenvalue weighted by Gasteiger charge is 2.52. The molecule has 1 amide bonds. The molecule has 2 heterocycles. The predicted molar refractivity (Wildman–Crippen MR) is 95.6 cm³/mol. The largest absolute Gasteiger partial charge is 0.465 e. The van der Waals surface area contributed by atoms with Crippen LogP contribution in [0, 0.1) is 0 Å². The molecule has 2 aliphatic rings. The summed E-state index contributed by atoms with van der Waals surface area (Å²) in [6, 6.07) is 5.56. The van der Waals surface area contributed by atoms with Crippen LogP contribution in [-0.4, -0.2) is 67.1 Å². The van der Waals surface area contributed by atoms with E-state index in [0.717, 1.165) is 0 Å². The zero-order valence-electron chi connectivity index (χ0n) is 16.2. The molecule has 5 atom stereocenters. The van der Waals surface area contributed by atoms with Gasteiger partial charge in [-0.3, -0.25) is 4.79 Å². The summed E-state index contributed by atoms with van der Waals surface area (Å²) in [4.78, 5) is 23.7. The molecule has 9 nitrogen and oxygen atoms in total. The van der Waals surface area contributed by atoms with Crippen molar-refractivity contribution in [1.29, 1.82) is 0 Å². The standard InChI is InChI=1S/C19H25NO8/c1-10(21)20-14-15(22)16-13(9-25-19(2,3)28-16)27-18(14)26-12-8-6-5-7-11(12)17(23)24-4/h5-8,13-16,18,22H,9H2,1-4H3,(H,20,21). The summed E-state index contributed by atoms with van der Waals surface area (Å²) in [5.41, 5.74) is 0.198. The number of esters is 1. The number of benzene rings is 1. The van der Waals surface area contributed by atoms with E-state index in [1.165, 1.54) is 14.0 Å². The van der Waals surface area contributed by atoms with E-state index in [1.54, 1.807) is 38.1 Å². The van der Waals surface area contributed by atoms with Crippen LogP contribution < -0.4 is 10.1 Å². The van der Waals surface area contributed by atoms with Gasteiger partial charge in [-0.05, 0) is 26.0 Å². The van der Waals surface area contributed by atoms with Crippen molar-refractivity contribution in [3.63, 3.8) is 0 Å². The van der Waals surface area contributed by atoms with Crippen LogP contribution >= 0.6 is 0 Å². The van der Waals surface area contributed by atoms with Crippen LogP contribution in [0.3, 0.4) is 0 Å². The van der Waals surface area contributed by atoms with Gasteiger partial charge in [0.2, 0.25) is 12.2 Å². The number of carbonyl (C=O) groups excluding carboxylic acids is 2. The summed E-state index contributed by atoms with van der Waals surface area (Å²) in [6.45, 7) is 4.98. The van der Waals surface area contributed by atoms with Crippen LogP contribution in [-0.2, 0) is 23.7 Å². The molecule has 9 heteroatoms. The van der Waals surface area contributed by atoms with Crippen molar-refractivity contribution in [2.24, 2.45) is 0 Å². The van der Waals surface area contributed by atoms with E-state index in [-0.39, 0.29) is 23.8 Å². The molecule has 2 N–H and O–H groups in total. The smallest absolute Gasteiger partial charge is 0.341 e. The lowest BCUT2D eigenvalue weighted by Crippen LogP contribution is -2.69. The van der Waals surface area contributed by atoms with Gasteiger partial charge in [0.05, 0.1) is 13.7 Å². The molecule has 1 aromatic carbocycles. The second-order valence-corrected chi connectivity index (χ2v) is 7.16. The van der Waals surface area contributed by atoms with Gasteiger partial charge >= 0.3 is 5.97 Å². The number of para-hydroxylation sites is 1. The summed E-state index contributed by atoms with van der Waals surface area (Å²) >= 11 is 0. The maximum Gasteiger partial charge on any atom is 0.341 e. The van der Waals surface area contributed by atoms with Crippen molar-refractivity contribution < 1.29 is 38.4 Å². The highest BCUT2D eigenvalue weighted by atomic mass is 16.8. The van der Waals surface area contributed by atoms with Crippen molar-refractivity contribution in [3.8, 4) is 5.75 Å². The van der Waals surface area contributed by atoms with E-state index in [4.69, 9.17) is 23.7 Å². The van der Waals surface area contributed by atoms with E-state index < -0.39 is 42.4 Å². The van der Waals surface area contributed by atoms with Crippen molar-refractivity contribution in [2.45, 2.75) is 57.2 Å². The van der Waals surface area contributed by atoms with E-state index >= 15 is 0 Å². The average molecular weight is 395 g/mol. The van der Waals surface area contributed by atoms with E-state index in [9.17, 15) is 14.7 Å². The number of hydrogen-bond donors (Lipinski definition) is 2. The molecule has 5 unspecified atom stereocenters. The molecule has 0 saturated carbocycles. The minimum absolute atomic E-state index is 0.181. The zero-order chi connectivity index (χ0) is 20.5. The molecule has 0 radical (unpaired) electrons. The van der Waals surface area contributed by atoms with Crippen molar-refractivity contribution in [2.75, 3.05) is 13.7 Å². The van der Waals surface area contributed by atoms with Gasteiger partial charge in [-0.2, -0.15) is 0 Å². The third-order valence-electron chi connectivity index (χ3n) is 4.59. The summed E-state index contributed by atoms with van der Waals surface area (Å²) in [7, 11) is 1.27. The fourth-order valence-corrected chi connectivity index (χ4v) is 3.31. The first kappa shape index (κ1) is 20.5. The van der Waals surface area contributed by atoms with Crippen molar-refractivity contribution in [3.05, 3.63) is 29.8 Å². The Balaban J connectivity index is 1.87. The lowest BCUT2D eigenvalue weighted by Gasteiger charge is -2.49.